The predicted molar refractivity (Wildman–Crippen MR) is 93.0 cm³/mol. The van der Waals surface area contributed by atoms with Gasteiger partial charge in [-0.2, -0.15) is 0 Å². The van der Waals surface area contributed by atoms with Crippen molar-refractivity contribution in [2.24, 2.45) is 0 Å². The molecule has 1 aromatic carbocycles. The van der Waals surface area contributed by atoms with Gasteiger partial charge >= 0.3 is 0 Å². The highest BCUT2D eigenvalue weighted by atomic mass is 19.2. The number of halogens is 11. The number of rotatable bonds is 13. The highest BCUT2D eigenvalue weighted by Gasteiger charge is 2.41. The Labute approximate surface area is 172 Å². The molecule has 0 spiro atoms. The number of alkyl halides is 6. The largest absolute Gasteiger partial charge is 0.364 e. The van der Waals surface area contributed by atoms with Gasteiger partial charge in [-0.3, -0.25) is 4.39 Å². The maximum Gasteiger partial charge on any atom is 0.200 e. The molecule has 0 saturated carbocycles. The van der Waals surface area contributed by atoms with Crippen molar-refractivity contribution in [2.75, 3.05) is 24.7 Å². The second kappa shape index (κ2) is 12.3. The fourth-order valence-corrected chi connectivity index (χ4v) is 2.83. The molecule has 180 valence electrons. The summed E-state index contributed by atoms with van der Waals surface area (Å²) in [5.74, 6) is -11.7. The van der Waals surface area contributed by atoms with Crippen LogP contribution in [0.3, 0.4) is 0 Å². The molecule has 0 aliphatic rings. The first kappa shape index (κ1) is 27.3. The van der Waals surface area contributed by atoms with Gasteiger partial charge in [0, 0.05) is 6.54 Å². The molecule has 0 radical (unpaired) electrons. The number of hydrogen-bond donors (Lipinski definition) is 0. The smallest absolute Gasteiger partial charge is 0.200 e. The second-order valence-electron chi connectivity index (χ2n) is 6.91. The van der Waals surface area contributed by atoms with Gasteiger partial charge < -0.3 is 4.90 Å². The van der Waals surface area contributed by atoms with E-state index in [1.807, 2.05) is 0 Å². The van der Waals surface area contributed by atoms with Crippen molar-refractivity contribution < 1.29 is 48.3 Å². The molecule has 5 unspecified atom stereocenters. The van der Waals surface area contributed by atoms with Crippen LogP contribution in [-0.4, -0.2) is 50.6 Å². The Morgan fingerprint density at radius 1 is 0.677 bits per heavy atom. The average molecular weight is 473 g/mol. The molecule has 0 amide bonds. The molecular formula is C19H22F11N. The van der Waals surface area contributed by atoms with E-state index in [9.17, 15) is 48.3 Å². The maximum absolute atomic E-state index is 14.3. The van der Waals surface area contributed by atoms with Crippen LogP contribution < -0.4 is 4.90 Å². The van der Waals surface area contributed by atoms with Crippen LogP contribution >= 0.6 is 0 Å². The minimum absolute atomic E-state index is 0.0454. The standard InChI is InChI=1S/C19H22F11N/c1-2-3-7-31(19-17(29)15(27)14(26)16(28)18(19)30)8-10(22)12(24)13(25)11(23)9(21)5-4-6-20/h9-13H,2-8H2,1H3. The van der Waals surface area contributed by atoms with Crippen LogP contribution in [0.4, 0.5) is 54.0 Å². The molecule has 12 heteroatoms. The van der Waals surface area contributed by atoms with E-state index < -0.39 is 98.2 Å². The molecule has 0 aliphatic carbocycles. The maximum atomic E-state index is 14.3. The molecule has 0 aromatic heterocycles. The quantitative estimate of drug-likeness (QED) is 0.181. The van der Waals surface area contributed by atoms with Gasteiger partial charge in [-0.25, -0.2) is 43.9 Å². The number of hydrogen-bond acceptors (Lipinski definition) is 1. The van der Waals surface area contributed by atoms with Gasteiger partial charge in [0.15, 0.2) is 48.0 Å². The van der Waals surface area contributed by atoms with Gasteiger partial charge in [0.05, 0.1) is 13.2 Å². The van der Waals surface area contributed by atoms with Crippen molar-refractivity contribution in [1.82, 2.24) is 0 Å². The molecule has 0 fully saturated rings. The molecule has 1 nitrogen and oxygen atoms in total. The molecule has 0 aliphatic heterocycles. The normalized spacial score (nSPS) is 16.6. The van der Waals surface area contributed by atoms with Crippen LogP contribution in [-0.2, 0) is 0 Å². The minimum atomic E-state index is -3.34. The van der Waals surface area contributed by atoms with Crippen LogP contribution in [0.1, 0.15) is 32.6 Å². The zero-order chi connectivity index (χ0) is 23.9. The fourth-order valence-electron chi connectivity index (χ4n) is 2.83. The molecule has 1 rings (SSSR count). The lowest BCUT2D eigenvalue weighted by Gasteiger charge is -2.30. The van der Waals surface area contributed by atoms with E-state index in [1.54, 1.807) is 6.92 Å². The number of anilines is 1. The minimum Gasteiger partial charge on any atom is -0.364 e. The number of nitrogens with zero attached hydrogens (tertiary/aromatic N) is 1. The second-order valence-corrected chi connectivity index (χ2v) is 6.91. The summed E-state index contributed by atoms with van der Waals surface area (Å²) < 4.78 is 150. The van der Waals surface area contributed by atoms with E-state index in [-0.39, 0.29) is 6.42 Å². The van der Waals surface area contributed by atoms with Gasteiger partial charge in [0.1, 0.15) is 11.9 Å². The van der Waals surface area contributed by atoms with Crippen LogP contribution in [0, 0.1) is 29.1 Å². The van der Waals surface area contributed by atoms with Crippen LogP contribution in [0.25, 0.3) is 0 Å². The molecule has 1 aromatic rings. The van der Waals surface area contributed by atoms with Gasteiger partial charge in [-0.15, -0.1) is 0 Å². The molecule has 0 heterocycles. The van der Waals surface area contributed by atoms with Crippen LogP contribution in [0.5, 0.6) is 0 Å². The molecule has 0 N–H and O–H groups in total. The Kier molecular flexibility index (Phi) is 10.9. The molecule has 0 saturated heterocycles. The monoisotopic (exact) mass is 473 g/mol. The van der Waals surface area contributed by atoms with Gasteiger partial charge in [0.25, 0.3) is 0 Å². The van der Waals surface area contributed by atoms with E-state index in [1.165, 1.54) is 0 Å². The zero-order valence-electron chi connectivity index (χ0n) is 16.4. The van der Waals surface area contributed by atoms with Crippen molar-refractivity contribution in [2.45, 2.75) is 63.5 Å². The van der Waals surface area contributed by atoms with Gasteiger partial charge in [-0.1, -0.05) is 13.3 Å². The third-order valence-corrected chi connectivity index (χ3v) is 4.59. The van der Waals surface area contributed by atoms with Crippen molar-refractivity contribution in [3.63, 3.8) is 0 Å². The first-order valence-electron chi connectivity index (χ1n) is 9.52. The molecule has 0 bridgehead atoms. The SMILES string of the molecule is CCCCN(CC(F)C(F)C(F)C(F)C(F)CCCF)c1c(F)c(F)c(F)c(F)c1F. The summed E-state index contributed by atoms with van der Waals surface area (Å²) in [5.41, 5.74) is -1.54. The van der Waals surface area contributed by atoms with E-state index >= 15 is 0 Å². The van der Waals surface area contributed by atoms with E-state index in [0.717, 1.165) is 0 Å². The molecule has 31 heavy (non-hydrogen) atoms. The number of unbranched alkanes of at least 4 members (excludes halogenated alkanes) is 1. The summed E-state index contributed by atoms with van der Waals surface area (Å²) in [4.78, 5) is 0.299. The Morgan fingerprint density at radius 3 is 1.65 bits per heavy atom. The Hall–Kier alpha value is -1.75. The van der Waals surface area contributed by atoms with E-state index in [0.29, 0.717) is 11.3 Å². The van der Waals surface area contributed by atoms with Crippen molar-refractivity contribution in [3.05, 3.63) is 29.1 Å². The number of benzene rings is 1. The summed E-state index contributed by atoms with van der Waals surface area (Å²) in [6.07, 6.45) is -16.3. The molecule has 5 atom stereocenters. The Bertz CT molecular complexity index is 673. The zero-order valence-corrected chi connectivity index (χ0v) is 16.4. The van der Waals surface area contributed by atoms with Gasteiger partial charge in [-0.05, 0) is 19.3 Å². The first-order chi connectivity index (χ1) is 14.5. The summed E-state index contributed by atoms with van der Waals surface area (Å²) in [5, 5.41) is 0. The van der Waals surface area contributed by atoms with Gasteiger partial charge in [0.2, 0.25) is 5.82 Å². The third kappa shape index (κ3) is 6.61. The first-order valence-corrected chi connectivity index (χ1v) is 9.52. The summed E-state index contributed by atoms with van der Waals surface area (Å²) in [6, 6.07) is 0. The molecular weight excluding hydrogens is 451 g/mol. The Balaban J connectivity index is 3.10. The van der Waals surface area contributed by atoms with Crippen LogP contribution in [0.15, 0.2) is 0 Å². The average Bonchev–Trinajstić information content (AvgIpc) is 2.76. The third-order valence-electron chi connectivity index (χ3n) is 4.59. The lowest BCUT2D eigenvalue weighted by atomic mass is 10.0. The summed E-state index contributed by atoms with van der Waals surface area (Å²) in [7, 11) is 0. The van der Waals surface area contributed by atoms with Crippen LogP contribution in [0.2, 0.25) is 0 Å². The van der Waals surface area contributed by atoms with Crippen molar-refractivity contribution >= 4 is 5.69 Å². The van der Waals surface area contributed by atoms with Crippen molar-refractivity contribution in [1.29, 1.82) is 0 Å². The summed E-state index contributed by atoms with van der Waals surface area (Å²) in [6.45, 7) is -1.36. The highest BCUT2D eigenvalue weighted by molar-refractivity contribution is 5.50. The fraction of sp³-hybridized carbons (Fsp3) is 0.684. The predicted octanol–water partition coefficient (Wildman–Crippen LogP) is 6.43. The Morgan fingerprint density at radius 2 is 1.16 bits per heavy atom. The summed E-state index contributed by atoms with van der Waals surface area (Å²) >= 11 is 0. The highest BCUT2D eigenvalue weighted by Crippen LogP contribution is 2.32. The topological polar surface area (TPSA) is 3.24 Å². The lowest BCUT2D eigenvalue weighted by molar-refractivity contribution is 0.000419. The van der Waals surface area contributed by atoms with E-state index in [4.69, 9.17) is 0 Å². The van der Waals surface area contributed by atoms with Crippen molar-refractivity contribution in [3.8, 4) is 0 Å². The lowest BCUT2D eigenvalue weighted by Crippen LogP contribution is -2.45. The van der Waals surface area contributed by atoms with E-state index in [2.05, 4.69) is 0 Å².